The van der Waals surface area contributed by atoms with Crippen LogP contribution in [0.4, 0.5) is 0 Å². The molecule has 0 atom stereocenters. The smallest absolute Gasteiger partial charge is 0.254 e. The van der Waals surface area contributed by atoms with Gasteiger partial charge < -0.3 is 19.1 Å². The number of hydrogen-bond donors (Lipinski definition) is 0. The van der Waals surface area contributed by atoms with Crippen LogP contribution < -0.4 is 9.47 Å². The van der Waals surface area contributed by atoms with E-state index in [2.05, 4.69) is 17.1 Å². The Bertz CT molecular complexity index is 1130. The summed E-state index contributed by atoms with van der Waals surface area (Å²) in [4.78, 5) is 19.7. The average molecular weight is 418 g/mol. The van der Waals surface area contributed by atoms with Gasteiger partial charge in [-0.1, -0.05) is 12.1 Å². The molecule has 31 heavy (non-hydrogen) atoms. The first-order chi connectivity index (χ1) is 15.1. The normalized spacial score (nSPS) is 17.4. The van der Waals surface area contributed by atoms with Crippen LogP contribution in [0, 0.1) is 0 Å². The third-order valence-electron chi connectivity index (χ3n) is 6.58. The second-order valence-electron chi connectivity index (χ2n) is 8.12. The topological polar surface area (TPSA) is 60.9 Å². The minimum absolute atomic E-state index is 0.0526. The molecular weight excluding hydrogens is 392 g/mol. The number of pyridine rings is 1. The van der Waals surface area contributed by atoms with E-state index in [0.29, 0.717) is 31.0 Å². The number of likely N-dealkylation sites (tertiary alicyclic amines) is 1. The molecule has 0 N–H and O–H groups in total. The maximum atomic E-state index is 13.3. The van der Waals surface area contributed by atoms with E-state index in [4.69, 9.17) is 14.2 Å². The minimum atomic E-state index is -0.385. The first-order valence-electron chi connectivity index (χ1n) is 10.7. The van der Waals surface area contributed by atoms with Crippen molar-refractivity contribution >= 4 is 16.8 Å². The third-order valence-corrected chi connectivity index (χ3v) is 6.58. The lowest BCUT2D eigenvalue weighted by molar-refractivity contribution is -0.0936. The molecule has 5 rings (SSSR count). The molecule has 1 amide bonds. The molecule has 2 aromatic carbocycles. The van der Waals surface area contributed by atoms with E-state index in [1.54, 1.807) is 20.4 Å². The molecule has 1 fully saturated rings. The van der Waals surface area contributed by atoms with Crippen LogP contribution in [0.5, 0.6) is 11.5 Å². The number of nitrogens with zero attached hydrogens (tertiary/aromatic N) is 2. The molecule has 6 nitrogen and oxygen atoms in total. The first-order valence-corrected chi connectivity index (χ1v) is 10.7. The zero-order valence-corrected chi connectivity index (χ0v) is 17.9. The molecule has 0 aliphatic carbocycles. The number of benzene rings is 2. The zero-order chi connectivity index (χ0) is 21.4. The van der Waals surface area contributed by atoms with Gasteiger partial charge in [0.25, 0.3) is 5.91 Å². The summed E-state index contributed by atoms with van der Waals surface area (Å²) in [7, 11) is 3.31. The van der Waals surface area contributed by atoms with Crippen molar-refractivity contribution in [3.05, 3.63) is 65.4 Å². The molecule has 0 bridgehead atoms. The third kappa shape index (κ3) is 3.31. The quantitative estimate of drug-likeness (QED) is 0.644. The van der Waals surface area contributed by atoms with Crippen LogP contribution in [0.15, 0.2) is 48.7 Å². The predicted octanol–water partition coefficient (Wildman–Crippen LogP) is 3.96. The zero-order valence-electron chi connectivity index (χ0n) is 17.9. The van der Waals surface area contributed by atoms with Crippen molar-refractivity contribution in [2.45, 2.75) is 24.9 Å². The van der Waals surface area contributed by atoms with Gasteiger partial charge in [-0.2, -0.15) is 0 Å². The number of fused-ring (bicyclic) bond motifs is 3. The molecule has 1 spiro atoms. The minimum Gasteiger partial charge on any atom is -0.493 e. The van der Waals surface area contributed by atoms with Crippen LogP contribution in [0.3, 0.4) is 0 Å². The number of carbonyl (C=O) groups is 1. The van der Waals surface area contributed by atoms with Crippen LogP contribution in [-0.4, -0.2) is 49.7 Å². The van der Waals surface area contributed by atoms with Gasteiger partial charge in [-0.3, -0.25) is 9.78 Å². The van der Waals surface area contributed by atoms with Crippen molar-refractivity contribution in [1.82, 2.24) is 9.88 Å². The number of aromatic nitrogens is 1. The van der Waals surface area contributed by atoms with E-state index >= 15 is 0 Å². The van der Waals surface area contributed by atoms with Gasteiger partial charge in [-0.25, -0.2) is 0 Å². The highest BCUT2D eigenvalue weighted by Gasteiger charge is 2.42. The van der Waals surface area contributed by atoms with Gasteiger partial charge in [0.15, 0.2) is 11.5 Å². The maximum absolute atomic E-state index is 13.3. The Morgan fingerprint density at radius 2 is 1.84 bits per heavy atom. The lowest BCUT2D eigenvalue weighted by Gasteiger charge is -2.45. The summed E-state index contributed by atoms with van der Waals surface area (Å²) in [5.74, 6) is 1.51. The van der Waals surface area contributed by atoms with Crippen LogP contribution in [0.2, 0.25) is 0 Å². The summed E-state index contributed by atoms with van der Waals surface area (Å²) >= 11 is 0. The predicted molar refractivity (Wildman–Crippen MR) is 118 cm³/mol. The van der Waals surface area contributed by atoms with Crippen LogP contribution in [-0.2, 0) is 16.8 Å². The number of amides is 1. The van der Waals surface area contributed by atoms with E-state index in [1.807, 2.05) is 35.2 Å². The Labute approximate surface area is 181 Å². The summed E-state index contributed by atoms with van der Waals surface area (Å²) in [5.41, 5.74) is 3.57. The van der Waals surface area contributed by atoms with Crippen molar-refractivity contribution in [1.29, 1.82) is 0 Å². The largest absolute Gasteiger partial charge is 0.493 e. The highest BCUT2D eigenvalue weighted by atomic mass is 16.5. The van der Waals surface area contributed by atoms with Gasteiger partial charge >= 0.3 is 0 Å². The number of piperidine rings is 1. The average Bonchev–Trinajstić information content (AvgIpc) is 2.83. The number of carbonyl (C=O) groups excluding carboxylic acids is 1. The molecule has 0 unspecified atom stereocenters. The Morgan fingerprint density at radius 1 is 1.06 bits per heavy atom. The Balaban J connectivity index is 1.41. The van der Waals surface area contributed by atoms with Crippen LogP contribution in [0.1, 0.15) is 34.3 Å². The van der Waals surface area contributed by atoms with E-state index in [1.165, 1.54) is 5.56 Å². The maximum Gasteiger partial charge on any atom is 0.254 e. The lowest BCUT2D eigenvalue weighted by atomic mass is 9.79. The van der Waals surface area contributed by atoms with Crippen molar-refractivity contribution < 1.29 is 19.0 Å². The fraction of sp³-hybridized carbons (Fsp3) is 0.360. The van der Waals surface area contributed by atoms with E-state index in [0.717, 1.165) is 41.5 Å². The van der Waals surface area contributed by atoms with Gasteiger partial charge in [0.2, 0.25) is 0 Å². The van der Waals surface area contributed by atoms with E-state index in [9.17, 15) is 4.79 Å². The molecule has 2 aliphatic rings. The molecule has 3 aromatic rings. The van der Waals surface area contributed by atoms with Crippen molar-refractivity contribution in [3.8, 4) is 11.5 Å². The summed E-state index contributed by atoms with van der Waals surface area (Å²) in [6.07, 6.45) is 4.11. The lowest BCUT2D eigenvalue weighted by Crippen LogP contribution is -2.48. The number of methoxy groups -OCH3 is 2. The molecule has 2 aliphatic heterocycles. The number of hydrogen-bond acceptors (Lipinski definition) is 5. The monoisotopic (exact) mass is 418 g/mol. The van der Waals surface area contributed by atoms with Gasteiger partial charge in [0, 0.05) is 30.2 Å². The van der Waals surface area contributed by atoms with Crippen LogP contribution >= 0.6 is 0 Å². The standard InChI is InChI=1S/C25H26N2O4/c1-29-22-15-17-8-14-31-25(20(17)16-23(22)30-2)9-12-27(13-10-25)24(28)19-5-3-7-21-18(19)6-4-11-26-21/h3-7,11,15-16H,8-10,12-14H2,1-2H3. The number of rotatable bonds is 3. The number of ether oxygens (including phenoxy) is 3. The Morgan fingerprint density at radius 3 is 2.61 bits per heavy atom. The second kappa shape index (κ2) is 7.85. The summed E-state index contributed by atoms with van der Waals surface area (Å²) in [5, 5.41) is 0.895. The van der Waals surface area contributed by atoms with Gasteiger partial charge in [-0.05, 0) is 60.7 Å². The van der Waals surface area contributed by atoms with Crippen molar-refractivity contribution in [2.75, 3.05) is 33.9 Å². The SMILES string of the molecule is COc1cc2c(cc1OC)C1(CCN(C(=O)c3cccc4ncccc34)CC1)OCC2. The molecule has 160 valence electrons. The van der Waals surface area contributed by atoms with Crippen molar-refractivity contribution in [3.63, 3.8) is 0 Å². The van der Waals surface area contributed by atoms with Crippen LogP contribution in [0.25, 0.3) is 10.9 Å². The molecule has 1 aromatic heterocycles. The van der Waals surface area contributed by atoms with Gasteiger partial charge in [-0.15, -0.1) is 0 Å². The highest BCUT2D eigenvalue weighted by molar-refractivity contribution is 6.06. The summed E-state index contributed by atoms with van der Waals surface area (Å²) in [6, 6.07) is 13.7. The fourth-order valence-electron chi connectivity index (χ4n) is 4.93. The summed E-state index contributed by atoms with van der Waals surface area (Å²) < 4.78 is 17.4. The van der Waals surface area contributed by atoms with Crippen molar-refractivity contribution in [2.24, 2.45) is 0 Å². The Kier molecular flexibility index (Phi) is 5.02. The summed E-state index contributed by atoms with van der Waals surface area (Å²) in [6.45, 7) is 1.96. The molecular formula is C25H26N2O4. The molecule has 0 saturated carbocycles. The second-order valence-corrected chi connectivity index (χ2v) is 8.12. The first kappa shape index (κ1) is 19.8. The van der Waals surface area contributed by atoms with E-state index < -0.39 is 0 Å². The highest BCUT2D eigenvalue weighted by Crippen LogP contribution is 2.45. The molecule has 0 radical (unpaired) electrons. The van der Waals surface area contributed by atoms with E-state index in [-0.39, 0.29) is 11.5 Å². The molecule has 1 saturated heterocycles. The molecule has 6 heteroatoms. The Hall–Kier alpha value is -3.12. The fourth-order valence-corrected chi connectivity index (χ4v) is 4.93. The molecule has 3 heterocycles. The van der Waals surface area contributed by atoms with Gasteiger partial charge in [0.1, 0.15) is 0 Å². The van der Waals surface area contributed by atoms with Gasteiger partial charge in [0.05, 0.1) is 31.9 Å².